The smallest absolute Gasteiger partial charge is 0.224 e. The summed E-state index contributed by atoms with van der Waals surface area (Å²) < 4.78 is 0. The Bertz CT molecular complexity index is 365. The number of hydrogen-bond donors (Lipinski definition) is 4. The first kappa shape index (κ1) is 13.0. The van der Waals surface area contributed by atoms with Gasteiger partial charge < -0.3 is 21.5 Å². The zero-order valence-electron chi connectivity index (χ0n) is 10.5. The van der Waals surface area contributed by atoms with Gasteiger partial charge in [0.15, 0.2) is 0 Å². The van der Waals surface area contributed by atoms with Gasteiger partial charge in [0.2, 0.25) is 5.95 Å². The summed E-state index contributed by atoms with van der Waals surface area (Å²) in [5, 5.41) is 15.4. The van der Waals surface area contributed by atoms with Crippen molar-refractivity contribution in [2.45, 2.75) is 37.8 Å². The van der Waals surface area contributed by atoms with Gasteiger partial charge in [-0.05, 0) is 31.7 Å². The Kier molecular flexibility index (Phi) is 4.72. The maximum absolute atomic E-state index is 8.77. The van der Waals surface area contributed by atoms with Gasteiger partial charge in [0.1, 0.15) is 5.82 Å². The van der Waals surface area contributed by atoms with E-state index in [1.807, 2.05) is 0 Å². The SMILES string of the molecule is Nc1ccnc(NC2CCC(NCCO)CC2)n1. The standard InChI is InChI=1S/C12H21N5O/c13-11-5-6-15-12(17-11)16-10-3-1-9(2-4-10)14-7-8-18/h5-6,9-10,14,18H,1-4,7-8H2,(H3,13,15,16,17). The van der Waals surface area contributed by atoms with Gasteiger partial charge in [0.05, 0.1) is 6.61 Å². The summed E-state index contributed by atoms with van der Waals surface area (Å²) in [6, 6.07) is 2.62. The average molecular weight is 251 g/mol. The molecule has 5 N–H and O–H groups in total. The first-order valence-electron chi connectivity index (χ1n) is 6.47. The monoisotopic (exact) mass is 251 g/mol. The number of aliphatic hydroxyl groups is 1. The van der Waals surface area contributed by atoms with Gasteiger partial charge in [-0.2, -0.15) is 4.98 Å². The van der Waals surface area contributed by atoms with Crippen LogP contribution in [0.5, 0.6) is 0 Å². The van der Waals surface area contributed by atoms with Crippen LogP contribution in [0.4, 0.5) is 11.8 Å². The van der Waals surface area contributed by atoms with E-state index in [-0.39, 0.29) is 6.61 Å². The van der Waals surface area contributed by atoms with E-state index in [0.717, 1.165) is 25.7 Å². The summed E-state index contributed by atoms with van der Waals surface area (Å²) in [6.45, 7) is 0.885. The predicted octanol–water partition coefficient (Wildman–Crippen LogP) is 0.364. The molecule has 0 bridgehead atoms. The first-order valence-corrected chi connectivity index (χ1v) is 6.47. The number of aliphatic hydroxyl groups excluding tert-OH is 1. The number of nitrogens with one attached hydrogen (secondary N) is 2. The van der Waals surface area contributed by atoms with Crippen molar-refractivity contribution >= 4 is 11.8 Å². The van der Waals surface area contributed by atoms with Gasteiger partial charge in [0, 0.05) is 24.8 Å². The van der Waals surface area contributed by atoms with Crippen LogP contribution in [0.25, 0.3) is 0 Å². The van der Waals surface area contributed by atoms with Crippen molar-refractivity contribution in [1.82, 2.24) is 15.3 Å². The van der Waals surface area contributed by atoms with E-state index in [1.54, 1.807) is 12.3 Å². The molecule has 1 aliphatic rings. The molecule has 0 saturated heterocycles. The van der Waals surface area contributed by atoms with Crippen molar-refractivity contribution in [2.75, 3.05) is 24.2 Å². The zero-order chi connectivity index (χ0) is 12.8. The summed E-state index contributed by atoms with van der Waals surface area (Å²) in [5.41, 5.74) is 5.62. The predicted molar refractivity (Wildman–Crippen MR) is 71.2 cm³/mol. The molecule has 1 heterocycles. The normalized spacial score (nSPS) is 23.8. The van der Waals surface area contributed by atoms with E-state index in [1.165, 1.54) is 0 Å². The maximum atomic E-state index is 8.77. The molecule has 1 saturated carbocycles. The first-order chi connectivity index (χ1) is 8.78. The van der Waals surface area contributed by atoms with E-state index in [4.69, 9.17) is 10.8 Å². The van der Waals surface area contributed by atoms with Crippen LogP contribution < -0.4 is 16.4 Å². The molecule has 0 radical (unpaired) electrons. The van der Waals surface area contributed by atoms with Gasteiger partial charge in [-0.25, -0.2) is 4.98 Å². The number of hydrogen-bond acceptors (Lipinski definition) is 6. The molecule has 0 aliphatic heterocycles. The molecule has 1 aliphatic carbocycles. The lowest BCUT2D eigenvalue weighted by Gasteiger charge is -2.29. The van der Waals surface area contributed by atoms with Crippen molar-refractivity contribution < 1.29 is 5.11 Å². The third kappa shape index (κ3) is 3.82. The minimum atomic E-state index is 0.204. The van der Waals surface area contributed by atoms with Crippen molar-refractivity contribution in [2.24, 2.45) is 0 Å². The fraction of sp³-hybridized carbons (Fsp3) is 0.667. The lowest BCUT2D eigenvalue weighted by molar-refractivity contribution is 0.269. The van der Waals surface area contributed by atoms with Crippen molar-refractivity contribution in [1.29, 1.82) is 0 Å². The van der Waals surface area contributed by atoms with Crippen LogP contribution in [0, 0.1) is 0 Å². The molecule has 1 aromatic rings. The Labute approximate surface area is 107 Å². The molecule has 1 fully saturated rings. The van der Waals surface area contributed by atoms with Crippen LogP contribution in [0.15, 0.2) is 12.3 Å². The summed E-state index contributed by atoms with van der Waals surface area (Å²) in [6.07, 6.45) is 6.06. The third-order valence-corrected chi connectivity index (χ3v) is 3.28. The molecule has 0 unspecified atom stereocenters. The van der Waals surface area contributed by atoms with E-state index >= 15 is 0 Å². The topological polar surface area (TPSA) is 96.1 Å². The Morgan fingerprint density at radius 1 is 1.28 bits per heavy atom. The van der Waals surface area contributed by atoms with Gasteiger partial charge in [0.25, 0.3) is 0 Å². The molecular weight excluding hydrogens is 230 g/mol. The fourth-order valence-corrected chi connectivity index (χ4v) is 2.34. The van der Waals surface area contributed by atoms with Crippen LogP contribution in [-0.2, 0) is 0 Å². The quantitative estimate of drug-likeness (QED) is 0.603. The lowest BCUT2D eigenvalue weighted by atomic mass is 9.91. The average Bonchev–Trinajstić information content (AvgIpc) is 2.38. The molecule has 18 heavy (non-hydrogen) atoms. The number of anilines is 2. The van der Waals surface area contributed by atoms with Crippen LogP contribution in [-0.4, -0.2) is 40.3 Å². The van der Waals surface area contributed by atoms with E-state index < -0.39 is 0 Å². The molecule has 100 valence electrons. The molecule has 0 aromatic carbocycles. The van der Waals surface area contributed by atoms with Gasteiger partial charge >= 0.3 is 0 Å². The van der Waals surface area contributed by atoms with Crippen LogP contribution in [0.3, 0.4) is 0 Å². The van der Waals surface area contributed by atoms with Gasteiger partial charge in [-0.3, -0.25) is 0 Å². The second-order valence-corrected chi connectivity index (χ2v) is 4.68. The highest BCUT2D eigenvalue weighted by Gasteiger charge is 2.20. The fourth-order valence-electron chi connectivity index (χ4n) is 2.34. The van der Waals surface area contributed by atoms with Crippen LogP contribution in [0.1, 0.15) is 25.7 Å². The van der Waals surface area contributed by atoms with E-state index in [2.05, 4.69) is 20.6 Å². The Morgan fingerprint density at radius 2 is 2.00 bits per heavy atom. The molecular formula is C12H21N5O. The minimum absolute atomic E-state index is 0.204. The molecule has 2 rings (SSSR count). The number of nitrogens with zero attached hydrogens (tertiary/aromatic N) is 2. The maximum Gasteiger partial charge on any atom is 0.224 e. The number of nitrogen functional groups attached to an aromatic ring is 1. The summed E-state index contributed by atoms with van der Waals surface area (Å²) in [4.78, 5) is 8.29. The second kappa shape index (κ2) is 6.51. The highest BCUT2D eigenvalue weighted by atomic mass is 16.3. The molecule has 0 amide bonds. The van der Waals surface area contributed by atoms with Gasteiger partial charge in [-0.15, -0.1) is 0 Å². The molecule has 0 spiro atoms. The number of aromatic nitrogens is 2. The summed E-state index contributed by atoms with van der Waals surface area (Å²) in [5.74, 6) is 1.10. The lowest BCUT2D eigenvalue weighted by Crippen LogP contribution is -2.38. The minimum Gasteiger partial charge on any atom is -0.395 e. The van der Waals surface area contributed by atoms with Crippen molar-refractivity contribution in [3.63, 3.8) is 0 Å². The summed E-state index contributed by atoms with van der Waals surface area (Å²) in [7, 11) is 0. The van der Waals surface area contributed by atoms with Crippen LogP contribution >= 0.6 is 0 Å². The Morgan fingerprint density at radius 3 is 2.67 bits per heavy atom. The molecule has 6 nitrogen and oxygen atoms in total. The van der Waals surface area contributed by atoms with Crippen molar-refractivity contribution in [3.05, 3.63) is 12.3 Å². The van der Waals surface area contributed by atoms with Crippen molar-refractivity contribution in [3.8, 4) is 0 Å². The molecule has 1 aromatic heterocycles. The third-order valence-electron chi connectivity index (χ3n) is 3.28. The largest absolute Gasteiger partial charge is 0.395 e. The highest BCUT2D eigenvalue weighted by molar-refractivity contribution is 5.35. The number of nitrogens with two attached hydrogens (primary N) is 1. The van der Waals surface area contributed by atoms with E-state index in [9.17, 15) is 0 Å². The zero-order valence-corrected chi connectivity index (χ0v) is 10.5. The molecule has 6 heteroatoms. The second-order valence-electron chi connectivity index (χ2n) is 4.68. The summed E-state index contributed by atoms with van der Waals surface area (Å²) >= 11 is 0. The van der Waals surface area contributed by atoms with Gasteiger partial charge in [-0.1, -0.05) is 0 Å². The Balaban J connectivity index is 1.76. The Hall–Kier alpha value is -1.40. The van der Waals surface area contributed by atoms with Crippen LogP contribution in [0.2, 0.25) is 0 Å². The highest BCUT2D eigenvalue weighted by Crippen LogP contribution is 2.21. The molecule has 0 atom stereocenters. The van der Waals surface area contributed by atoms with E-state index in [0.29, 0.717) is 30.4 Å². The number of rotatable bonds is 5.